The Morgan fingerprint density at radius 1 is 1.07 bits per heavy atom. The van der Waals surface area contributed by atoms with Crippen LogP contribution in [0.25, 0.3) is 11.5 Å². The summed E-state index contributed by atoms with van der Waals surface area (Å²) in [6.45, 7) is 3.62. The van der Waals surface area contributed by atoms with Crippen LogP contribution in [-0.4, -0.2) is 32.0 Å². The minimum atomic E-state index is -3.64. The van der Waals surface area contributed by atoms with Crippen LogP contribution in [0.3, 0.4) is 0 Å². The van der Waals surface area contributed by atoms with Gasteiger partial charge in [-0.2, -0.15) is 0 Å². The van der Waals surface area contributed by atoms with Gasteiger partial charge in [-0.15, -0.1) is 0 Å². The van der Waals surface area contributed by atoms with Crippen LogP contribution in [0.4, 0.5) is 0 Å². The number of methoxy groups -OCH3 is 1. The van der Waals surface area contributed by atoms with Crippen molar-refractivity contribution in [3.8, 4) is 17.2 Å². The molecule has 6 nitrogen and oxygen atoms in total. The fraction of sp³-hybridized carbons (Fsp3) is 0.304. The third kappa shape index (κ3) is 5.57. The normalized spacial score (nSPS) is 11.4. The van der Waals surface area contributed by atoms with Crippen molar-refractivity contribution in [3.05, 3.63) is 71.1 Å². The first kappa shape index (κ1) is 21.8. The summed E-state index contributed by atoms with van der Waals surface area (Å²) in [7, 11) is -2.06. The summed E-state index contributed by atoms with van der Waals surface area (Å²) in [4.78, 5) is 16.6. The number of benzene rings is 2. The van der Waals surface area contributed by atoms with Crippen molar-refractivity contribution < 1.29 is 22.4 Å². The maximum Gasteiger partial charge on any atom is 0.226 e. The Hall–Kier alpha value is -2.93. The van der Waals surface area contributed by atoms with Gasteiger partial charge in [0.2, 0.25) is 5.89 Å². The molecule has 3 rings (SSSR count). The summed E-state index contributed by atoms with van der Waals surface area (Å²) < 4.78 is 35.9. The Morgan fingerprint density at radius 2 is 1.77 bits per heavy atom. The second-order valence-corrected chi connectivity index (χ2v) is 9.32. The van der Waals surface area contributed by atoms with Crippen molar-refractivity contribution in [2.24, 2.45) is 0 Å². The Bertz CT molecular complexity index is 1130. The van der Waals surface area contributed by atoms with Gasteiger partial charge in [0.15, 0.2) is 9.84 Å². The largest absolute Gasteiger partial charge is 0.497 e. The van der Waals surface area contributed by atoms with E-state index in [-0.39, 0.29) is 18.0 Å². The number of nitrogens with zero attached hydrogens (tertiary/aromatic N) is 1. The number of carbonyl (C=O) groups excluding carboxylic acids is 1. The van der Waals surface area contributed by atoms with E-state index in [2.05, 4.69) is 4.98 Å². The van der Waals surface area contributed by atoms with Gasteiger partial charge in [-0.1, -0.05) is 30.3 Å². The summed E-state index contributed by atoms with van der Waals surface area (Å²) in [5, 5.41) is 0. The Morgan fingerprint density at radius 3 is 2.43 bits per heavy atom. The Kier molecular flexibility index (Phi) is 6.72. The van der Waals surface area contributed by atoms with Crippen molar-refractivity contribution in [1.82, 2.24) is 4.98 Å². The minimum absolute atomic E-state index is 0.165. The molecule has 2 aromatic carbocycles. The Balaban J connectivity index is 1.62. The van der Waals surface area contributed by atoms with Gasteiger partial charge < -0.3 is 9.15 Å². The number of hydrogen-bond donors (Lipinski definition) is 0. The standard InChI is InChI=1S/C23H25NO5S/c1-16-6-4-5-7-21(16)23-24-22(17(2)29-23)15-30(26,27)14-19(25)11-8-18-9-12-20(28-3)13-10-18/h4-7,9-10,12-13H,8,11,14-15H2,1-3H3. The summed E-state index contributed by atoms with van der Waals surface area (Å²) in [5.74, 6) is 0.438. The van der Waals surface area contributed by atoms with Gasteiger partial charge in [-0.25, -0.2) is 13.4 Å². The first-order valence-electron chi connectivity index (χ1n) is 9.65. The molecule has 0 spiro atoms. The second-order valence-electron chi connectivity index (χ2n) is 7.26. The van der Waals surface area contributed by atoms with Gasteiger partial charge in [-0.3, -0.25) is 4.79 Å². The summed E-state index contributed by atoms with van der Waals surface area (Å²) in [6, 6.07) is 15.0. The number of ketones is 1. The molecule has 0 saturated heterocycles. The maximum atomic E-state index is 12.6. The highest BCUT2D eigenvalue weighted by Crippen LogP contribution is 2.25. The van der Waals surface area contributed by atoms with E-state index in [1.54, 1.807) is 14.0 Å². The molecule has 0 fully saturated rings. The quantitative estimate of drug-likeness (QED) is 0.511. The monoisotopic (exact) mass is 427 g/mol. The van der Waals surface area contributed by atoms with Crippen LogP contribution in [0.1, 0.15) is 29.0 Å². The van der Waals surface area contributed by atoms with Crippen LogP contribution >= 0.6 is 0 Å². The molecule has 0 aliphatic rings. The van der Waals surface area contributed by atoms with E-state index in [0.717, 1.165) is 22.4 Å². The van der Waals surface area contributed by atoms with Crippen molar-refractivity contribution in [2.45, 2.75) is 32.4 Å². The molecule has 0 aliphatic carbocycles. The van der Waals surface area contributed by atoms with E-state index in [1.807, 2.05) is 55.5 Å². The van der Waals surface area contributed by atoms with Crippen LogP contribution in [0.2, 0.25) is 0 Å². The molecule has 158 valence electrons. The lowest BCUT2D eigenvalue weighted by atomic mass is 10.1. The lowest BCUT2D eigenvalue weighted by molar-refractivity contribution is -0.116. The predicted octanol–water partition coefficient (Wildman–Crippen LogP) is 4.08. The zero-order valence-electron chi connectivity index (χ0n) is 17.3. The number of aryl methyl sites for hydroxylation is 3. The molecular formula is C23H25NO5S. The van der Waals surface area contributed by atoms with E-state index < -0.39 is 15.6 Å². The number of Topliss-reactive ketones (excluding diaryl/α,β-unsaturated/α-hetero) is 1. The topological polar surface area (TPSA) is 86.5 Å². The highest BCUT2D eigenvalue weighted by Gasteiger charge is 2.22. The minimum Gasteiger partial charge on any atom is -0.497 e. The van der Waals surface area contributed by atoms with Gasteiger partial charge in [-0.05, 0) is 49.6 Å². The number of rotatable bonds is 9. The Labute approximate surface area is 176 Å². The molecule has 0 atom stereocenters. The van der Waals surface area contributed by atoms with Crippen molar-refractivity contribution in [2.75, 3.05) is 12.9 Å². The van der Waals surface area contributed by atoms with E-state index in [1.165, 1.54) is 0 Å². The predicted molar refractivity (Wildman–Crippen MR) is 115 cm³/mol. The SMILES string of the molecule is COc1ccc(CCC(=O)CS(=O)(=O)Cc2nc(-c3ccccc3C)oc2C)cc1. The lowest BCUT2D eigenvalue weighted by Gasteiger charge is -2.04. The molecule has 0 N–H and O–H groups in total. The summed E-state index contributed by atoms with van der Waals surface area (Å²) in [6.07, 6.45) is 0.649. The van der Waals surface area contributed by atoms with Crippen LogP contribution in [-0.2, 0) is 26.8 Å². The average molecular weight is 428 g/mol. The molecule has 0 saturated carbocycles. The van der Waals surface area contributed by atoms with E-state index >= 15 is 0 Å². The maximum absolute atomic E-state index is 12.6. The number of oxazole rings is 1. The molecule has 0 aliphatic heterocycles. The highest BCUT2D eigenvalue weighted by atomic mass is 32.2. The molecule has 0 bridgehead atoms. The molecule has 0 radical (unpaired) electrons. The number of sulfone groups is 1. The number of aromatic nitrogens is 1. The van der Waals surface area contributed by atoms with Gasteiger partial charge in [0.25, 0.3) is 0 Å². The zero-order valence-corrected chi connectivity index (χ0v) is 18.2. The third-order valence-corrected chi connectivity index (χ3v) is 6.33. The fourth-order valence-corrected chi connectivity index (χ4v) is 4.56. The second kappa shape index (κ2) is 9.26. The average Bonchev–Trinajstić information content (AvgIpc) is 3.06. The highest BCUT2D eigenvalue weighted by molar-refractivity contribution is 7.91. The van der Waals surface area contributed by atoms with Crippen molar-refractivity contribution >= 4 is 15.6 Å². The summed E-state index contributed by atoms with van der Waals surface area (Å²) in [5.41, 5.74) is 3.11. The molecule has 3 aromatic rings. The van der Waals surface area contributed by atoms with Gasteiger partial charge in [0.05, 0.1) is 18.6 Å². The molecule has 1 aromatic heterocycles. The fourth-order valence-electron chi connectivity index (χ4n) is 3.14. The number of carbonyl (C=O) groups is 1. The van der Waals surface area contributed by atoms with E-state index in [9.17, 15) is 13.2 Å². The first-order chi connectivity index (χ1) is 14.3. The van der Waals surface area contributed by atoms with Gasteiger partial charge in [0.1, 0.15) is 23.0 Å². The molecule has 0 unspecified atom stereocenters. The molecule has 7 heteroatoms. The van der Waals surface area contributed by atoms with Crippen LogP contribution in [0.5, 0.6) is 5.75 Å². The van der Waals surface area contributed by atoms with Crippen molar-refractivity contribution in [3.63, 3.8) is 0 Å². The van der Waals surface area contributed by atoms with Crippen LogP contribution in [0, 0.1) is 13.8 Å². The first-order valence-corrected chi connectivity index (χ1v) is 11.5. The number of hydrogen-bond acceptors (Lipinski definition) is 6. The van der Waals surface area contributed by atoms with Crippen molar-refractivity contribution in [1.29, 1.82) is 0 Å². The molecular weight excluding hydrogens is 402 g/mol. The van der Waals surface area contributed by atoms with Crippen LogP contribution in [0.15, 0.2) is 52.9 Å². The van der Waals surface area contributed by atoms with E-state index in [0.29, 0.717) is 23.8 Å². The zero-order chi connectivity index (χ0) is 21.7. The van der Waals surface area contributed by atoms with Gasteiger partial charge >= 0.3 is 0 Å². The lowest BCUT2D eigenvalue weighted by Crippen LogP contribution is -2.18. The molecule has 0 amide bonds. The van der Waals surface area contributed by atoms with Gasteiger partial charge in [0, 0.05) is 12.0 Å². The molecule has 30 heavy (non-hydrogen) atoms. The summed E-state index contributed by atoms with van der Waals surface area (Å²) >= 11 is 0. The van der Waals surface area contributed by atoms with E-state index in [4.69, 9.17) is 9.15 Å². The number of ether oxygens (including phenoxy) is 1. The van der Waals surface area contributed by atoms with Crippen LogP contribution < -0.4 is 4.74 Å². The molecule has 1 heterocycles. The third-order valence-electron chi connectivity index (χ3n) is 4.86. The smallest absolute Gasteiger partial charge is 0.226 e.